The van der Waals surface area contributed by atoms with E-state index >= 15 is 0 Å². The van der Waals surface area contributed by atoms with E-state index in [0.29, 0.717) is 12.5 Å². The molecule has 46 valence electrons. The normalized spacial score (nSPS) is 25.2. The molecule has 0 amide bonds. The van der Waals surface area contributed by atoms with E-state index < -0.39 is 0 Å². The van der Waals surface area contributed by atoms with Crippen molar-refractivity contribution in [2.45, 2.75) is 25.4 Å². The first-order valence-corrected chi connectivity index (χ1v) is 2.98. The van der Waals surface area contributed by atoms with Crippen LogP contribution in [-0.4, -0.2) is 19.0 Å². The number of hydrogen-bond donors (Lipinski definition) is 0. The Hall–Kier alpha value is -0.370. The van der Waals surface area contributed by atoms with Crippen molar-refractivity contribution in [1.82, 2.24) is 0 Å². The highest BCUT2D eigenvalue weighted by atomic mass is 16.6. The Morgan fingerprint density at radius 1 is 1.75 bits per heavy atom. The smallest absolute Gasteiger partial charge is 0.119 e. The number of carbonyl (C=O) groups excluding carboxylic acids is 1. The standard InChI is InChI=1S/C6H10O2/c7-4-2-1-3-6-5-8-6/h4,6H,1-3,5H2/t6-/m0/s1. The van der Waals surface area contributed by atoms with Gasteiger partial charge >= 0.3 is 0 Å². The maximum atomic E-state index is 9.77. The predicted molar refractivity (Wildman–Crippen MR) is 29.7 cm³/mol. The molecule has 0 saturated carbocycles. The Labute approximate surface area is 48.8 Å². The van der Waals surface area contributed by atoms with Gasteiger partial charge in [-0.2, -0.15) is 0 Å². The number of ether oxygens (including phenoxy) is 1. The second-order valence-corrected chi connectivity index (χ2v) is 2.05. The lowest BCUT2D eigenvalue weighted by molar-refractivity contribution is -0.107. The van der Waals surface area contributed by atoms with E-state index in [0.717, 1.165) is 25.7 Å². The molecule has 0 N–H and O–H groups in total. The molecule has 1 saturated heterocycles. The van der Waals surface area contributed by atoms with Crippen LogP contribution in [0.2, 0.25) is 0 Å². The molecule has 1 aliphatic heterocycles. The molecule has 0 aromatic carbocycles. The third-order valence-electron chi connectivity index (χ3n) is 1.25. The van der Waals surface area contributed by atoms with Gasteiger partial charge in [0, 0.05) is 6.42 Å². The van der Waals surface area contributed by atoms with Gasteiger partial charge in [0.15, 0.2) is 0 Å². The summed E-state index contributed by atoms with van der Waals surface area (Å²) in [5.41, 5.74) is 0. The number of unbranched alkanes of at least 4 members (excludes halogenated alkanes) is 1. The minimum absolute atomic E-state index is 0.495. The molecule has 0 unspecified atom stereocenters. The van der Waals surface area contributed by atoms with Crippen LogP contribution in [0, 0.1) is 0 Å². The van der Waals surface area contributed by atoms with Crippen LogP contribution in [0.5, 0.6) is 0 Å². The van der Waals surface area contributed by atoms with Crippen molar-refractivity contribution in [1.29, 1.82) is 0 Å². The minimum Gasteiger partial charge on any atom is -0.373 e. The maximum absolute atomic E-state index is 9.77. The quantitative estimate of drug-likeness (QED) is 0.306. The summed E-state index contributed by atoms with van der Waals surface area (Å²) in [5.74, 6) is 0. The summed E-state index contributed by atoms with van der Waals surface area (Å²) in [6.45, 7) is 0.916. The topological polar surface area (TPSA) is 29.6 Å². The van der Waals surface area contributed by atoms with Crippen LogP contribution in [0.4, 0.5) is 0 Å². The predicted octanol–water partition coefficient (Wildman–Crippen LogP) is 0.754. The van der Waals surface area contributed by atoms with Gasteiger partial charge in [-0.05, 0) is 12.8 Å². The summed E-state index contributed by atoms with van der Waals surface area (Å²) in [4.78, 5) is 9.77. The van der Waals surface area contributed by atoms with E-state index in [2.05, 4.69) is 0 Å². The molecule has 8 heavy (non-hydrogen) atoms. The van der Waals surface area contributed by atoms with Crippen molar-refractivity contribution in [3.63, 3.8) is 0 Å². The van der Waals surface area contributed by atoms with Gasteiger partial charge in [-0.1, -0.05) is 0 Å². The van der Waals surface area contributed by atoms with Gasteiger partial charge in [-0.15, -0.1) is 0 Å². The molecule has 2 nitrogen and oxygen atoms in total. The van der Waals surface area contributed by atoms with Crippen LogP contribution < -0.4 is 0 Å². The molecule has 1 rings (SSSR count). The summed E-state index contributed by atoms with van der Waals surface area (Å²) < 4.78 is 4.94. The zero-order valence-electron chi connectivity index (χ0n) is 4.80. The highest BCUT2D eigenvalue weighted by Crippen LogP contribution is 2.15. The number of epoxide rings is 1. The van der Waals surface area contributed by atoms with Gasteiger partial charge in [-0.25, -0.2) is 0 Å². The summed E-state index contributed by atoms with van der Waals surface area (Å²) in [7, 11) is 0. The van der Waals surface area contributed by atoms with Gasteiger partial charge in [0.25, 0.3) is 0 Å². The lowest BCUT2D eigenvalue weighted by Gasteiger charge is -1.86. The molecule has 0 radical (unpaired) electrons. The van der Waals surface area contributed by atoms with Crippen molar-refractivity contribution >= 4 is 6.29 Å². The van der Waals surface area contributed by atoms with E-state index in [-0.39, 0.29) is 0 Å². The van der Waals surface area contributed by atoms with Crippen LogP contribution in [0.25, 0.3) is 0 Å². The van der Waals surface area contributed by atoms with Gasteiger partial charge in [0.05, 0.1) is 12.7 Å². The van der Waals surface area contributed by atoms with Crippen LogP contribution in [0.3, 0.4) is 0 Å². The third kappa shape index (κ3) is 2.07. The van der Waals surface area contributed by atoms with Crippen LogP contribution in [-0.2, 0) is 9.53 Å². The molecule has 1 atom stereocenters. The summed E-state index contributed by atoms with van der Waals surface area (Å²) >= 11 is 0. The molecule has 0 aliphatic carbocycles. The van der Waals surface area contributed by atoms with Gasteiger partial charge in [0.1, 0.15) is 6.29 Å². The van der Waals surface area contributed by atoms with Gasteiger partial charge < -0.3 is 9.53 Å². The maximum Gasteiger partial charge on any atom is 0.119 e. The van der Waals surface area contributed by atoms with E-state index in [1.807, 2.05) is 0 Å². The van der Waals surface area contributed by atoms with Crippen molar-refractivity contribution in [2.75, 3.05) is 6.61 Å². The number of carbonyl (C=O) groups is 1. The van der Waals surface area contributed by atoms with Crippen LogP contribution >= 0.6 is 0 Å². The summed E-state index contributed by atoms with van der Waals surface area (Å²) in [6.07, 6.45) is 4.21. The molecular formula is C6H10O2. The largest absolute Gasteiger partial charge is 0.373 e. The zero-order chi connectivity index (χ0) is 5.82. The van der Waals surface area contributed by atoms with Crippen molar-refractivity contribution in [3.8, 4) is 0 Å². The van der Waals surface area contributed by atoms with Crippen LogP contribution in [0.15, 0.2) is 0 Å². The first-order chi connectivity index (χ1) is 3.93. The van der Waals surface area contributed by atoms with Crippen molar-refractivity contribution in [3.05, 3.63) is 0 Å². The second-order valence-electron chi connectivity index (χ2n) is 2.05. The zero-order valence-corrected chi connectivity index (χ0v) is 4.80. The second kappa shape index (κ2) is 2.82. The fourth-order valence-electron chi connectivity index (χ4n) is 0.664. The van der Waals surface area contributed by atoms with E-state index in [1.54, 1.807) is 0 Å². The fraction of sp³-hybridized carbons (Fsp3) is 0.833. The molecule has 2 heteroatoms. The average Bonchev–Trinajstić information content (AvgIpc) is 2.51. The van der Waals surface area contributed by atoms with E-state index in [9.17, 15) is 4.79 Å². The van der Waals surface area contributed by atoms with Gasteiger partial charge in [0.2, 0.25) is 0 Å². The van der Waals surface area contributed by atoms with Gasteiger partial charge in [-0.3, -0.25) is 0 Å². The van der Waals surface area contributed by atoms with Crippen LogP contribution in [0.1, 0.15) is 19.3 Å². The number of aldehydes is 1. The Morgan fingerprint density at radius 3 is 3.00 bits per heavy atom. The molecule has 0 spiro atoms. The number of hydrogen-bond acceptors (Lipinski definition) is 2. The highest BCUT2D eigenvalue weighted by Gasteiger charge is 2.20. The Balaban J connectivity index is 1.80. The SMILES string of the molecule is O=CCCC[C@H]1CO1. The molecule has 0 aromatic heterocycles. The Morgan fingerprint density at radius 2 is 2.50 bits per heavy atom. The molecular weight excluding hydrogens is 104 g/mol. The summed E-state index contributed by atoms with van der Waals surface area (Å²) in [5, 5.41) is 0. The molecule has 0 aromatic rings. The summed E-state index contributed by atoms with van der Waals surface area (Å²) in [6, 6.07) is 0. The fourth-order valence-corrected chi connectivity index (χ4v) is 0.664. The minimum atomic E-state index is 0.495. The van der Waals surface area contributed by atoms with E-state index in [4.69, 9.17) is 4.74 Å². The van der Waals surface area contributed by atoms with E-state index in [1.165, 1.54) is 0 Å². The lowest BCUT2D eigenvalue weighted by atomic mass is 10.2. The Bertz CT molecular complexity index is 76.6. The molecule has 0 bridgehead atoms. The third-order valence-corrected chi connectivity index (χ3v) is 1.25. The van der Waals surface area contributed by atoms with Crippen molar-refractivity contribution in [2.24, 2.45) is 0 Å². The first-order valence-electron chi connectivity index (χ1n) is 2.98. The number of rotatable bonds is 4. The Kier molecular flexibility index (Phi) is 2.03. The average molecular weight is 114 g/mol. The monoisotopic (exact) mass is 114 g/mol. The highest BCUT2D eigenvalue weighted by molar-refractivity contribution is 5.48. The lowest BCUT2D eigenvalue weighted by Crippen LogP contribution is -1.84. The molecule has 1 aliphatic rings. The van der Waals surface area contributed by atoms with Crippen molar-refractivity contribution < 1.29 is 9.53 Å². The molecule has 1 fully saturated rings. The first kappa shape index (κ1) is 5.76. The molecule has 1 heterocycles.